The quantitative estimate of drug-likeness (QED) is 0.723. The van der Waals surface area contributed by atoms with E-state index in [0.717, 1.165) is 12.3 Å². The number of rotatable bonds is 0. The summed E-state index contributed by atoms with van der Waals surface area (Å²) in [6.45, 7) is 0.418. The molecule has 0 aliphatic carbocycles. The van der Waals surface area contributed by atoms with Crippen LogP contribution in [0.15, 0.2) is 12.3 Å². The first kappa shape index (κ1) is 10.2. The molecule has 2 rings (SSSR count). The van der Waals surface area contributed by atoms with Crippen LogP contribution in [0, 0.1) is 0 Å². The lowest BCUT2D eigenvalue weighted by Gasteiger charge is -2.23. The second kappa shape index (κ2) is 3.37. The van der Waals surface area contributed by atoms with Gasteiger partial charge in [-0.2, -0.15) is 13.2 Å². The fraction of sp³-hybridized carbons (Fsp3) is 0.444. The lowest BCUT2D eigenvalue weighted by molar-refractivity contribution is -0.141. The van der Waals surface area contributed by atoms with Gasteiger partial charge in [0.2, 0.25) is 0 Å². The molecule has 1 aliphatic heterocycles. The highest BCUT2D eigenvalue weighted by Crippen LogP contribution is 2.35. The molecule has 6 heteroatoms. The van der Waals surface area contributed by atoms with Gasteiger partial charge in [0.05, 0.1) is 12.8 Å². The van der Waals surface area contributed by atoms with E-state index in [-0.39, 0.29) is 0 Å². The molecular formula is C9H9F3N2O. The molecule has 0 bridgehead atoms. The van der Waals surface area contributed by atoms with Crippen LogP contribution in [0.1, 0.15) is 23.7 Å². The van der Waals surface area contributed by atoms with Crippen LogP contribution >= 0.6 is 0 Å². The number of fused-ring (bicyclic) bond motifs is 1. The van der Waals surface area contributed by atoms with E-state index in [4.69, 9.17) is 10.5 Å². The minimum atomic E-state index is -4.44. The van der Waals surface area contributed by atoms with Gasteiger partial charge in [-0.15, -0.1) is 0 Å². The third kappa shape index (κ3) is 1.90. The van der Waals surface area contributed by atoms with Gasteiger partial charge in [-0.25, -0.2) is 4.98 Å². The van der Waals surface area contributed by atoms with E-state index in [1.807, 2.05) is 0 Å². The predicted octanol–water partition coefficient (Wildman–Crippen LogP) is 1.88. The van der Waals surface area contributed by atoms with E-state index in [1.54, 1.807) is 0 Å². The zero-order chi connectivity index (χ0) is 11.1. The molecule has 1 aliphatic rings. The van der Waals surface area contributed by atoms with Crippen molar-refractivity contribution in [1.82, 2.24) is 4.98 Å². The van der Waals surface area contributed by atoms with Crippen molar-refractivity contribution in [1.29, 1.82) is 0 Å². The van der Waals surface area contributed by atoms with Crippen molar-refractivity contribution in [3.63, 3.8) is 0 Å². The Morgan fingerprint density at radius 1 is 1.47 bits per heavy atom. The van der Waals surface area contributed by atoms with Gasteiger partial charge in [-0.1, -0.05) is 0 Å². The van der Waals surface area contributed by atoms with Gasteiger partial charge in [-0.3, -0.25) is 0 Å². The third-order valence-electron chi connectivity index (χ3n) is 2.27. The molecule has 0 spiro atoms. The van der Waals surface area contributed by atoms with Crippen LogP contribution in [0.2, 0.25) is 0 Å². The van der Waals surface area contributed by atoms with E-state index >= 15 is 0 Å². The van der Waals surface area contributed by atoms with Gasteiger partial charge in [0.1, 0.15) is 11.4 Å². The van der Waals surface area contributed by atoms with Crippen LogP contribution in [0.5, 0.6) is 5.75 Å². The lowest BCUT2D eigenvalue weighted by Crippen LogP contribution is -2.22. The maximum atomic E-state index is 12.3. The van der Waals surface area contributed by atoms with Crippen LogP contribution in [0.25, 0.3) is 0 Å². The molecule has 0 saturated heterocycles. The van der Waals surface area contributed by atoms with Crippen molar-refractivity contribution in [2.75, 3.05) is 6.61 Å². The minimum Gasteiger partial charge on any atom is -0.492 e. The highest BCUT2D eigenvalue weighted by Gasteiger charge is 2.34. The normalized spacial score (nSPS) is 20.7. The Morgan fingerprint density at radius 2 is 2.20 bits per heavy atom. The topological polar surface area (TPSA) is 48.1 Å². The summed E-state index contributed by atoms with van der Waals surface area (Å²) in [6, 6.07) is 0.553. The van der Waals surface area contributed by atoms with Gasteiger partial charge in [0, 0.05) is 18.0 Å². The SMILES string of the molecule is NC1CCOc2cnc(C(F)(F)F)cc21. The van der Waals surface area contributed by atoms with Crippen molar-refractivity contribution in [2.24, 2.45) is 5.73 Å². The molecule has 1 unspecified atom stereocenters. The first-order valence-electron chi connectivity index (χ1n) is 4.44. The van der Waals surface area contributed by atoms with Crippen LogP contribution in [-0.4, -0.2) is 11.6 Å². The molecule has 15 heavy (non-hydrogen) atoms. The van der Waals surface area contributed by atoms with Crippen LogP contribution < -0.4 is 10.5 Å². The number of ether oxygens (including phenoxy) is 1. The number of nitrogens with zero attached hydrogens (tertiary/aromatic N) is 1. The summed E-state index contributed by atoms with van der Waals surface area (Å²) >= 11 is 0. The fourth-order valence-corrected chi connectivity index (χ4v) is 1.48. The van der Waals surface area contributed by atoms with Gasteiger partial charge in [0.25, 0.3) is 0 Å². The van der Waals surface area contributed by atoms with Crippen LogP contribution in [0.3, 0.4) is 0 Å². The van der Waals surface area contributed by atoms with Gasteiger partial charge < -0.3 is 10.5 Å². The number of alkyl halides is 3. The van der Waals surface area contributed by atoms with Crippen LogP contribution in [0.4, 0.5) is 13.2 Å². The molecular weight excluding hydrogens is 209 g/mol. The predicted molar refractivity (Wildman–Crippen MR) is 46.3 cm³/mol. The third-order valence-corrected chi connectivity index (χ3v) is 2.27. The van der Waals surface area contributed by atoms with Crippen molar-refractivity contribution in [3.8, 4) is 5.75 Å². The Bertz CT molecular complexity index is 378. The minimum absolute atomic E-state index is 0.349. The standard InChI is InChI=1S/C9H9F3N2O/c10-9(11,12)8-3-5-6(13)1-2-15-7(5)4-14-8/h3-4,6H,1-2,13H2. The molecule has 0 radical (unpaired) electrons. The number of halogens is 3. The monoisotopic (exact) mass is 218 g/mol. The second-order valence-corrected chi connectivity index (χ2v) is 3.35. The summed E-state index contributed by atoms with van der Waals surface area (Å²) in [6.07, 6.45) is -2.84. The molecule has 1 aromatic heterocycles. The van der Waals surface area contributed by atoms with Crippen molar-refractivity contribution < 1.29 is 17.9 Å². The Kier molecular flexibility index (Phi) is 2.30. The summed E-state index contributed by atoms with van der Waals surface area (Å²) in [4.78, 5) is 3.29. The zero-order valence-corrected chi connectivity index (χ0v) is 7.71. The van der Waals surface area contributed by atoms with E-state index in [2.05, 4.69) is 4.98 Å². The Balaban J connectivity index is 2.44. The summed E-state index contributed by atoms with van der Waals surface area (Å²) in [5.74, 6) is 0.349. The molecule has 2 heterocycles. The maximum absolute atomic E-state index is 12.3. The molecule has 0 aromatic carbocycles. The zero-order valence-electron chi connectivity index (χ0n) is 7.71. The van der Waals surface area contributed by atoms with Crippen molar-refractivity contribution in [2.45, 2.75) is 18.6 Å². The fourth-order valence-electron chi connectivity index (χ4n) is 1.48. The number of pyridine rings is 1. The number of aromatic nitrogens is 1. The Hall–Kier alpha value is -1.30. The summed E-state index contributed by atoms with van der Waals surface area (Å²) in [7, 11) is 0. The highest BCUT2D eigenvalue weighted by molar-refractivity contribution is 5.37. The molecule has 0 amide bonds. The Morgan fingerprint density at radius 3 is 2.87 bits per heavy atom. The number of nitrogens with two attached hydrogens (primary N) is 1. The molecule has 0 fully saturated rings. The van der Waals surface area contributed by atoms with Gasteiger partial charge >= 0.3 is 6.18 Å². The molecule has 1 atom stereocenters. The average Bonchev–Trinajstić information content (AvgIpc) is 2.16. The largest absolute Gasteiger partial charge is 0.492 e. The highest BCUT2D eigenvalue weighted by atomic mass is 19.4. The van der Waals surface area contributed by atoms with Gasteiger partial charge in [-0.05, 0) is 6.07 Å². The molecule has 1 aromatic rings. The Labute approximate surface area is 84.1 Å². The van der Waals surface area contributed by atoms with E-state index in [1.165, 1.54) is 0 Å². The number of hydrogen-bond acceptors (Lipinski definition) is 3. The summed E-state index contributed by atoms with van der Waals surface area (Å²) < 4.78 is 42.2. The number of hydrogen-bond donors (Lipinski definition) is 1. The molecule has 82 valence electrons. The van der Waals surface area contributed by atoms with E-state index in [9.17, 15) is 13.2 Å². The van der Waals surface area contributed by atoms with E-state index in [0.29, 0.717) is 24.3 Å². The molecule has 2 N–H and O–H groups in total. The van der Waals surface area contributed by atoms with Crippen LogP contribution in [-0.2, 0) is 6.18 Å². The first-order valence-corrected chi connectivity index (χ1v) is 4.44. The van der Waals surface area contributed by atoms with Crippen molar-refractivity contribution in [3.05, 3.63) is 23.5 Å². The molecule has 0 saturated carbocycles. The summed E-state index contributed by atoms with van der Waals surface area (Å²) in [5.41, 5.74) is 5.13. The van der Waals surface area contributed by atoms with Gasteiger partial charge in [0.15, 0.2) is 0 Å². The van der Waals surface area contributed by atoms with Crippen molar-refractivity contribution >= 4 is 0 Å². The first-order chi connectivity index (χ1) is 6.98. The second-order valence-electron chi connectivity index (χ2n) is 3.35. The maximum Gasteiger partial charge on any atom is 0.433 e. The summed E-state index contributed by atoms with van der Waals surface area (Å²) in [5, 5.41) is 0. The average molecular weight is 218 g/mol. The molecule has 3 nitrogen and oxygen atoms in total. The lowest BCUT2D eigenvalue weighted by atomic mass is 10.0. The smallest absolute Gasteiger partial charge is 0.433 e. The van der Waals surface area contributed by atoms with E-state index < -0.39 is 17.9 Å².